The minimum Gasteiger partial charge on any atom is -0.494 e. The van der Waals surface area contributed by atoms with Gasteiger partial charge in [-0.2, -0.15) is 0 Å². The van der Waals surface area contributed by atoms with E-state index < -0.39 is 0 Å². The van der Waals surface area contributed by atoms with Crippen LogP contribution in [0.2, 0.25) is 0 Å². The highest BCUT2D eigenvalue weighted by atomic mass is 16.5. The summed E-state index contributed by atoms with van der Waals surface area (Å²) in [7, 11) is 1.62. The molecule has 4 nitrogen and oxygen atoms in total. The Labute approximate surface area is 95.9 Å². The summed E-state index contributed by atoms with van der Waals surface area (Å²) in [6.07, 6.45) is 2.18. The summed E-state index contributed by atoms with van der Waals surface area (Å²) >= 11 is 0. The predicted molar refractivity (Wildman–Crippen MR) is 64.2 cm³/mol. The third-order valence-electron chi connectivity index (χ3n) is 2.22. The molecular formula is C12H18N2O2. The van der Waals surface area contributed by atoms with Crippen LogP contribution in [0.3, 0.4) is 0 Å². The van der Waals surface area contributed by atoms with Crippen molar-refractivity contribution >= 4 is 5.84 Å². The van der Waals surface area contributed by atoms with E-state index >= 15 is 0 Å². The molecule has 0 atom stereocenters. The lowest BCUT2D eigenvalue weighted by Crippen LogP contribution is -2.19. The van der Waals surface area contributed by atoms with E-state index in [0.717, 1.165) is 30.8 Å². The quantitative estimate of drug-likeness (QED) is 0.347. The maximum atomic E-state index is 8.81. The highest BCUT2D eigenvalue weighted by molar-refractivity contribution is 5.97. The molecular weight excluding hydrogens is 204 g/mol. The minimum absolute atomic E-state index is 0.445. The van der Waals surface area contributed by atoms with Gasteiger partial charge in [0.15, 0.2) is 5.84 Å². The fraction of sp³-hybridized carbons (Fsp3) is 0.417. The second-order valence-corrected chi connectivity index (χ2v) is 3.41. The van der Waals surface area contributed by atoms with Gasteiger partial charge in [0.25, 0.3) is 0 Å². The molecule has 0 bridgehead atoms. The van der Waals surface area contributed by atoms with Crippen LogP contribution in [0.4, 0.5) is 0 Å². The average Bonchev–Trinajstić information content (AvgIpc) is 2.33. The molecule has 4 heteroatoms. The SMILES string of the molecule is CCCCOc1ccc(C(=NC)NO)cc1. The molecule has 2 N–H and O–H groups in total. The van der Waals surface area contributed by atoms with Crippen molar-refractivity contribution in [2.45, 2.75) is 19.8 Å². The van der Waals surface area contributed by atoms with Crippen molar-refractivity contribution in [3.8, 4) is 5.75 Å². The van der Waals surface area contributed by atoms with Crippen LogP contribution >= 0.6 is 0 Å². The van der Waals surface area contributed by atoms with Crippen molar-refractivity contribution in [3.63, 3.8) is 0 Å². The van der Waals surface area contributed by atoms with Crippen molar-refractivity contribution in [1.82, 2.24) is 5.48 Å². The fourth-order valence-corrected chi connectivity index (χ4v) is 1.29. The molecule has 0 aliphatic carbocycles. The lowest BCUT2D eigenvalue weighted by molar-refractivity contribution is 0.235. The van der Waals surface area contributed by atoms with Crippen LogP contribution in [0.5, 0.6) is 5.75 Å². The first-order valence-corrected chi connectivity index (χ1v) is 5.42. The van der Waals surface area contributed by atoms with Crippen molar-refractivity contribution < 1.29 is 9.94 Å². The standard InChI is InChI=1S/C12H18N2O2/c1-3-4-9-16-11-7-5-10(6-8-11)12(13-2)14-15/h5-8,15H,3-4,9H2,1-2H3,(H,13,14). The second-order valence-electron chi connectivity index (χ2n) is 3.41. The Bertz CT molecular complexity index is 333. The third kappa shape index (κ3) is 3.55. The second kappa shape index (κ2) is 6.85. The topological polar surface area (TPSA) is 53.8 Å². The number of hydrogen-bond donors (Lipinski definition) is 2. The molecule has 0 saturated carbocycles. The molecule has 0 aliphatic heterocycles. The van der Waals surface area contributed by atoms with Gasteiger partial charge in [0.2, 0.25) is 0 Å². The van der Waals surface area contributed by atoms with Crippen LogP contribution in [0, 0.1) is 0 Å². The molecule has 0 aliphatic rings. The third-order valence-corrected chi connectivity index (χ3v) is 2.22. The summed E-state index contributed by atoms with van der Waals surface area (Å²) < 4.78 is 5.53. The number of benzene rings is 1. The van der Waals surface area contributed by atoms with Crippen molar-refractivity contribution in [3.05, 3.63) is 29.8 Å². The van der Waals surface area contributed by atoms with E-state index in [0.29, 0.717) is 5.84 Å². The van der Waals surface area contributed by atoms with Crippen molar-refractivity contribution in [1.29, 1.82) is 0 Å². The molecule has 0 aromatic heterocycles. The Morgan fingerprint density at radius 2 is 2.06 bits per heavy atom. The first kappa shape index (κ1) is 12.5. The monoisotopic (exact) mass is 222 g/mol. The van der Waals surface area contributed by atoms with Crippen LogP contribution < -0.4 is 10.2 Å². The summed E-state index contributed by atoms with van der Waals surface area (Å²) in [6.45, 7) is 2.87. The van der Waals surface area contributed by atoms with Gasteiger partial charge < -0.3 is 4.74 Å². The number of hydrogen-bond acceptors (Lipinski definition) is 3. The Hall–Kier alpha value is -1.55. The Morgan fingerprint density at radius 3 is 2.56 bits per heavy atom. The van der Waals surface area contributed by atoms with E-state index in [9.17, 15) is 0 Å². The maximum Gasteiger partial charge on any atom is 0.151 e. The van der Waals surface area contributed by atoms with Crippen LogP contribution in [-0.2, 0) is 0 Å². The molecule has 1 aromatic carbocycles. The largest absolute Gasteiger partial charge is 0.494 e. The molecule has 16 heavy (non-hydrogen) atoms. The van der Waals surface area contributed by atoms with E-state index in [2.05, 4.69) is 11.9 Å². The van der Waals surface area contributed by atoms with Gasteiger partial charge in [0.1, 0.15) is 5.75 Å². The summed E-state index contributed by atoms with van der Waals surface area (Å²) in [5.41, 5.74) is 2.88. The summed E-state index contributed by atoms with van der Waals surface area (Å²) in [5.74, 6) is 1.28. The summed E-state index contributed by atoms with van der Waals surface area (Å²) in [6, 6.07) is 7.45. The van der Waals surface area contributed by atoms with Crippen molar-refractivity contribution in [2.75, 3.05) is 13.7 Å². The van der Waals surface area contributed by atoms with Gasteiger partial charge in [-0.25, -0.2) is 0 Å². The Morgan fingerprint density at radius 1 is 1.38 bits per heavy atom. The van der Waals surface area contributed by atoms with Gasteiger partial charge in [-0.1, -0.05) is 13.3 Å². The minimum atomic E-state index is 0.445. The first-order chi connectivity index (χ1) is 7.81. The zero-order valence-corrected chi connectivity index (χ0v) is 9.73. The molecule has 0 unspecified atom stereocenters. The lowest BCUT2D eigenvalue weighted by Gasteiger charge is -2.07. The van der Waals surface area contributed by atoms with Crippen LogP contribution in [0.1, 0.15) is 25.3 Å². The number of unbranched alkanes of at least 4 members (excludes halogenated alkanes) is 1. The highest BCUT2D eigenvalue weighted by Gasteiger charge is 2.01. The molecule has 0 radical (unpaired) electrons. The van der Waals surface area contributed by atoms with Gasteiger partial charge in [0.05, 0.1) is 6.61 Å². The number of aliphatic imine (C=N–C) groups is 1. The molecule has 1 aromatic rings. The number of amidine groups is 1. The highest BCUT2D eigenvalue weighted by Crippen LogP contribution is 2.12. The summed E-state index contributed by atoms with van der Waals surface area (Å²) in [5, 5.41) is 8.81. The zero-order chi connectivity index (χ0) is 11.8. The zero-order valence-electron chi connectivity index (χ0n) is 9.73. The lowest BCUT2D eigenvalue weighted by atomic mass is 10.2. The molecule has 0 heterocycles. The molecule has 0 amide bonds. The van der Waals surface area contributed by atoms with Crippen LogP contribution in [0.25, 0.3) is 0 Å². The molecule has 88 valence electrons. The van der Waals surface area contributed by atoms with E-state index in [1.807, 2.05) is 29.7 Å². The number of hydroxylamine groups is 1. The Balaban J connectivity index is 2.60. The number of rotatable bonds is 5. The summed E-state index contributed by atoms with van der Waals surface area (Å²) in [4.78, 5) is 3.90. The van der Waals surface area contributed by atoms with E-state index in [4.69, 9.17) is 9.94 Å². The average molecular weight is 222 g/mol. The normalized spacial score (nSPS) is 11.3. The van der Waals surface area contributed by atoms with Gasteiger partial charge in [-0.3, -0.25) is 15.7 Å². The van der Waals surface area contributed by atoms with Crippen LogP contribution in [0.15, 0.2) is 29.3 Å². The van der Waals surface area contributed by atoms with Crippen molar-refractivity contribution in [2.24, 2.45) is 4.99 Å². The molecule has 1 rings (SSSR count). The number of ether oxygens (including phenoxy) is 1. The van der Waals surface area contributed by atoms with Gasteiger partial charge >= 0.3 is 0 Å². The number of nitrogens with zero attached hydrogens (tertiary/aromatic N) is 1. The maximum absolute atomic E-state index is 8.81. The van der Waals surface area contributed by atoms with E-state index in [1.165, 1.54) is 0 Å². The molecule has 0 spiro atoms. The number of nitrogens with one attached hydrogen (secondary N) is 1. The Kier molecular flexibility index (Phi) is 5.36. The fourth-order valence-electron chi connectivity index (χ4n) is 1.29. The van der Waals surface area contributed by atoms with Crippen LogP contribution in [-0.4, -0.2) is 24.7 Å². The van der Waals surface area contributed by atoms with Gasteiger partial charge in [-0.05, 0) is 30.7 Å². The first-order valence-electron chi connectivity index (χ1n) is 5.42. The smallest absolute Gasteiger partial charge is 0.151 e. The van der Waals surface area contributed by atoms with E-state index in [-0.39, 0.29) is 0 Å². The van der Waals surface area contributed by atoms with E-state index in [1.54, 1.807) is 7.05 Å². The molecule has 0 fully saturated rings. The van der Waals surface area contributed by atoms with Gasteiger partial charge in [0, 0.05) is 12.6 Å². The molecule has 0 saturated heterocycles. The predicted octanol–water partition coefficient (Wildman–Crippen LogP) is 2.22. The van der Waals surface area contributed by atoms with Gasteiger partial charge in [-0.15, -0.1) is 0 Å².